The van der Waals surface area contributed by atoms with Crippen LogP contribution in [0.1, 0.15) is 15.9 Å². The zero-order valence-corrected chi connectivity index (χ0v) is 14.1. The van der Waals surface area contributed by atoms with Crippen LogP contribution in [0.25, 0.3) is 0 Å². The van der Waals surface area contributed by atoms with E-state index < -0.39 is 15.9 Å². The highest BCUT2D eigenvalue weighted by Gasteiger charge is 2.14. The minimum atomic E-state index is -3.60. The summed E-state index contributed by atoms with van der Waals surface area (Å²) in [6.45, 7) is 1.87. The highest BCUT2D eigenvalue weighted by molar-refractivity contribution is 7.89. The molecule has 0 aliphatic heterocycles. The second-order valence-electron chi connectivity index (χ2n) is 4.78. The molecule has 0 aliphatic rings. The number of anilines is 1. The van der Waals surface area contributed by atoms with Gasteiger partial charge in [-0.05, 0) is 49.9 Å². The zero-order chi connectivity index (χ0) is 17.0. The topological polar surface area (TPSA) is 87.3 Å². The molecule has 8 heteroatoms. The predicted octanol–water partition coefficient (Wildman–Crippen LogP) is 2.31. The Labute approximate surface area is 139 Å². The van der Waals surface area contributed by atoms with Crippen molar-refractivity contribution in [2.24, 2.45) is 0 Å². The third-order valence-electron chi connectivity index (χ3n) is 3.17. The van der Waals surface area contributed by atoms with Crippen molar-refractivity contribution in [3.63, 3.8) is 0 Å². The normalized spacial score (nSPS) is 11.1. The number of carbonyl (C=O) groups is 1. The Hall–Kier alpha value is -2.09. The highest BCUT2D eigenvalue weighted by atomic mass is 35.5. The Morgan fingerprint density at radius 2 is 1.87 bits per heavy atom. The van der Waals surface area contributed by atoms with E-state index in [0.29, 0.717) is 10.7 Å². The Bertz CT molecular complexity index is 838. The second-order valence-corrected chi connectivity index (χ2v) is 7.07. The van der Waals surface area contributed by atoms with Gasteiger partial charge >= 0.3 is 0 Å². The van der Waals surface area contributed by atoms with E-state index in [-0.39, 0.29) is 10.5 Å². The number of hydrazine groups is 1. The molecule has 0 atom stereocenters. The molecule has 0 bridgehead atoms. The molecule has 2 rings (SSSR count). The van der Waals surface area contributed by atoms with E-state index in [1.165, 1.54) is 31.3 Å². The number of halogens is 1. The first-order chi connectivity index (χ1) is 10.8. The molecule has 0 saturated heterocycles. The van der Waals surface area contributed by atoms with Gasteiger partial charge in [-0.1, -0.05) is 23.7 Å². The van der Waals surface area contributed by atoms with Gasteiger partial charge in [0.2, 0.25) is 10.0 Å². The number of hydrogen-bond acceptors (Lipinski definition) is 4. The lowest BCUT2D eigenvalue weighted by Crippen LogP contribution is -2.29. The van der Waals surface area contributed by atoms with Crippen LogP contribution in [0.15, 0.2) is 47.4 Å². The summed E-state index contributed by atoms with van der Waals surface area (Å²) in [5.74, 6) is -0.463. The van der Waals surface area contributed by atoms with Gasteiger partial charge in [0.15, 0.2) is 0 Å². The van der Waals surface area contributed by atoms with E-state index in [0.717, 1.165) is 5.56 Å². The molecule has 0 spiro atoms. The Morgan fingerprint density at radius 1 is 1.13 bits per heavy atom. The van der Waals surface area contributed by atoms with Crippen molar-refractivity contribution in [1.29, 1.82) is 0 Å². The van der Waals surface area contributed by atoms with Crippen molar-refractivity contribution in [3.05, 3.63) is 58.6 Å². The van der Waals surface area contributed by atoms with Crippen LogP contribution in [0.3, 0.4) is 0 Å². The summed E-state index contributed by atoms with van der Waals surface area (Å²) in [6, 6.07) is 11.0. The minimum absolute atomic E-state index is 0.0195. The average molecular weight is 354 g/mol. The number of benzene rings is 2. The lowest BCUT2D eigenvalue weighted by atomic mass is 10.2. The van der Waals surface area contributed by atoms with Crippen LogP contribution in [-0.2, 0) is 10.0 Å². The summed E-state index contributed by atoms with van der Waals surface area (Å²) in [5, 5.41) is 0.575. The Morgan fingerprint density at radius 3 is 2.52 bits per heavy atom. The van der Waals surface area contributed by atoms with Crippen molar-refractivity contribution >= 4 is 33.2 Å². The number of rotatable bonds is 5. The molecule has 1 amide bonds. The Kier molecular flexibility index (Phi) is 5.25. The third-order valence-corrected chi connectivity index (χ3v) is 4.99. The molecule has 0 aliphatic carbocycles. The maximum Gasteiger partial charge on any atom is 0.269 e. The van der Waals surface area contributed by atoms with Crippen LogP contribution in [0.5, 0.6) is 0 Å². The summed E-state index contributed by atoms with van der Waals surface area (Å²) in [4.78, 5) is 12.1. The highest BCUT2D eigenvalue weighted by Crippen LogP contribution is 2.19. The number of carbonyl (C=O) groups excluding carboxylic acids is 1. The monoisotopic (exact) mass is 353 g/mol. The first kappa shape index (κ1) is 17.3. The zero-order valence-electron chi connectivity index (χ0n) is 12.6. The van der Waals surface area contributed by atoms with E-state index >= 15 is 0 Å². The first-order valence-electron chi connectivity index (χ1n) is 6.69. The van der Waals surface area contributed by atoms with Gasteiger partial charge in [0.1, 0.15) is 0 Å². The van der Waals surface area contributed by atoms with E-state index in [1.54, 1.807) is 12.1 Å². The number of sulfonamides is 1. The SMILES string of the molecule is CNS(=O)(=O)c1cccc(C(=O)NNc2ccc(C)c(Cl)c2)c1. The number of hydrogen-bond donors (Lipinski definition) is 3. The fourth-order valence-electron chi connectivity index (χ4n) is 1.79. The molecule has 23 heavy (non-hydrogen) atoms. The van der Waals surface area contributed by atoms with Crippen LogP contribution in [0.2, 0.25) is 5.02 Å². The molecule has 0 saturated carbocycles. The van der Waals surface area contributed by atoms with Gasteiger partial charge in [-0.2, -0.15) is 0 Å². The summed E-state index contributed by atoms with van der Waals surface area (Å²) in [6.07, 6.45) is 0. The van der Waals surface area contributed by atoms with E-state index in [4.69, 9.17) is 11.6 Å². The van der Waals surface area contributed by atoms with Crippen molar-refractivity contribution in [2.75, 3.05) is 12.5 Å². The number of amides is 1. The molecule has 122 valence electrons. The van der Waals surface area contributed by atoms with E-state index in [9.17, 15) is 13.2 Å². The lowest BCUT2D eigenvalue weighted by molar-refractivity contribution is 0.0962. The molecule has 0 radical (unpaired) electrons. The maximum atomic E-state index is 12.1. The molecule has 0 aromatic heterocycles. The van der Waals surface area contributed by atoms with Crippen LogP contribution >= 0.6 is 11.6 Å². The predicted molar refractivity (Wildman–Crippen MR) is 90.0 cm³/mol. The number of nitrogens with one attached hydrogen (secondary N) is 3. The maximum absolute atomic E-state index is 12.1. The summed E-state index contributed by atoms with van der Waals surface area (Å²) < 4.78 is 25.7. The summed E-state index contributed by atoms with van der Waals surface area (Å²) in [5.41, 5.74) is 6.99. The molecule has 2 aromatic rings. The third kappa shape index (κ3) is 4.22. The molecule has 2 aromatic carbocycles. The molecule has 0 unspecified atom stereocenters. The van der Waals surface area contributed by atoms with Gasteiger partial charge in [-0.15, -0.1) is 0 Å². The van der Waals surface area contributed by atoms with E-state index in [2.05, 4.69) is 15.6 Å². The molecule has 3 N–H and O–H groups in total. The largest absolute Gasteiger partial charge is 0.298 e. The minimum Gasteiger partial charge on any atom is -0.298 e. The van der Waals surface area contributed by atoms with Gasteiger partial charge in [0.25, 0.3) is 5.91 Å². The molecule has 0 fully saturated rings. The van der Waals surface area contributed by atoms with Gasteiger partial charge in [0.05, 0.1) is 10.6 Å². The van der Waals surface area contributed by atoms with Gasteiger partial charge < -0.3 is 0 Å². The van der Waals surface area contributed by atoms with Gasteiger partial charge in [-0.3, -0.25) is 15.6 Å². The summed E-state index contributed by atoms with van der Waals surface area (Å²) in [7, 11) is -2.29. The average Bonchev–Trinajstić information content (AvgIpc) is 2.55. The van der Waals surface area contributed by atoms with Crippen LogP contribution in [-0.4, -0.2) is 21.4 Å². The smallest absolute Gasteiger partial charge is 0.269 e. The molecular formula is C15H16ClN3O3S. The first-order valence-corrected chi connectivity index (χ1v) is 8.56. The van der Waals surface area contributed by atoms with Crippen LogP contribution in [0.4, 0.5) is 5.69 Å². The van der Waals surface area contributed by atoms with Gasteiger partial charge in [0, 0.05) is 10.6 Å². The molecule has 6 nitrogen and oxygen atoms in total. The van der Waals surface area contributed by atoms with Crippen molar-refractivity contribution in [1.82, 2.24) is 10.1 Å². The van der Waals surface area contributed by atoms with E-state index in [1.807, 2.05) is 13.0 Å². The summed E-state index contributed by atoms with van der Waals surface area (Å²) >= 11 is 6.01. The van der Waals surface area contributed by atoms with Crippen molar-refractivity contribution in [2.45, 2.75) is 11.8 Å². The molecule has 0 heterocycles. The second kappa shape index (κ2) is 6.99. The van der Waals surface area contributed by atoms with Crippen molar-refractivity contribution in [3.8, 4) is 0 Å². The fraction of sp³-hybridized carbons (Fsp3) is 0.133. The standard InChI is InChI=1S/C15H16ClN3O3S/c1-10-6-7-12(9-14(10)16)18-19-15(20)11-4-3-5-13(8-11)23(21,22)17-2/h3-9,17-18H,1-2H3,(H,19,20). The number of aryl methyl sites for hydroxylation is 1. The lowest BCUT2D eigenvalue weighted by Gasteiger charge is -2.10. The molecular weight excluding hydrogens is 338 g/mol. The van der Waals surface area contributed by atoms with Gasteiger partial charge in [-0.25, -0.2) is 13.1 Å². The van der Waals surface area contributed by atoms with Crippen LogP contribution < -0.4 is 15.6 Å². The van der Waals surface area contributed by atoms with Crippen LogP contribution in [0, 0.1) is 6.92 Å². The Balaban J connectivity index is 2.12. The van der Waals surface area contributed by atoms with Crippen molar-refractivity contribution < 1.29 is 13.2 Å². The quantitative estimate of drug-likeness (QED) is 0.720. The fourth-order valence-corrected chi connectivity index (χ4v) is 2.75.